The lowest BCUT2D eigenvalue weighted by molar-refractivity contribution is 0.100. The molecule has 0 radical (unpaired) electrons. The van der Waals surface area contributed by atoms with Gasteiger partial charge in [0.2, 0.25) is 0 Å². The molecule has 0 aliphatic rings. The number of hydrogen-bond donors (Lipinski definition) is 0. The van der Waals surface area contributed by atoms with Gasteiger partial charge in [0.15, 0.2) is 5.78 Å². The van der Waals surface area contributed by atoms with Crippen LogP contribution in [0.15, 0.2) is 47.5 Å². The van der Waals surface area contributed by atoms with E-state index in [-0.39, 0.29) is 5.78 Å². The van der Waals surface area contributed by atoms with Gasteiger partial charge in [0.25, 0.3) is 0 Å². The largest absolute Gasteiger partial charge is 0.297 e. The summed E-state index contributed by atoms with van der Waals surface area (Å²) in [5.41, 5.74) is 0.761. The summed E-state index contributed by atoms with van der Waals surface area (Å²) < 4.78 is 0. The average molecular weight is 239 g/mol. The van der Waals surface area contributed by atoms with Gasteiger partial charge >= 0.3 is 0 Å². The minimum absolute atomic E-state index is 0.126. The molecule has 0 heterocycles. The molecule has 0 aliphatic heterocycles. The van der Waals surface area contributed by atoms with Crippen molar-refractivity contribution in [3.05, 3.63) is 48.0 Å². The minimum Gasteiger partial charge on any atom is -0.297 e. The van der Waals surface area contributed by atoms with Crippen molar-refractivity contribution in [3.63, 3.8) is 0 Å². The molecule has 0 amide bonds. The first-order valence-corrected chi connectivity index (χ1v) is 6.31. The Morgan fingerprint density at radius 2 is 1.94 bits per heavy atom. The first kappa shape index (κ1) is 12.5. The third-order valence-electron chi connectivity index (χ3n) is 2.83. The molecule has 0 fully saturated rings. The van der Waals surface area contributed by atoms with Crippen LogP contribution < -0.4 is 0 Å². The molecule has 0 aromatic heterocycles. The van der Waals surface area contributed by atoms with Gasteiger partial charge in [-0.2, -0.15) is 0 Å². The van der Waals surface area contributed by atoms with Crippen molar-refractivity contribution in [1.29, 1.82) is 0 Å². The highest BCUT2D eigenvalue weighted by atomic mass is 16.1. The number of aliphatic imine (C=N–C) groups is 1. The van der Waals surface area contributed by atoms with Crippen molar-refractivity contribution in [2.24, 2.45) is 4.99 Å². The number of carbonyl (C=O) groups is 1. The number of hydrogen-bond acceptors (Lipinski definition) is 2. The van der Waals surface area contributed by atoms with Gasteiger partial charge in [-0.25, -0.2) is 0 Å². The molecule has 0 N–H and O–H groups in total. The smallest absolute Gasteiger partial charge is 0.168 e. The van der Waals surface area contributed by atoms with E-state index in [9.17, 15) is 4.79 Å². The van der Waals surface area contributed by atoms with E-state index in [4.69, 9.17) is 0 Å². The Balaban J connectivity index is 2.13. The summed E-state index contributed by atoms with van der Waals surface area (Å²) in [7, 11) is 0. The fourth-order valence-corrected chi connectivity index (χ4v) is 1.85. The first-order valence-electron chi connectivity index (χ1n) is 6.31. The Labute approximate surface area is 107 Å². The quantitative estimate of drug-likeness (QED) is 0.575. The van der Waals surface area contributed by atoms with Crippen LogP contribution in [-0.2, 0) is 0 Å². The zero-order valence-corrected chi connectivity index (χ0v) is 10.6. The van der Waals surface area contributed by atoms with Crippen molar-refractivity contribution in [3.8, 4) is 0 Å². The van der Waals surface area contributed by atoms with Crippen LogP contribution in [0.5, 0.6) is 0 Å². The maximum atomic E-state index is 12.0. The Morgan fingerprint density at radius 1 is 1.17 bits per heavy atom. The van der Waals surface area contributed by atoms with Crippen molar-refractivity contribution in [1.82, 2.24) is 0 Å². The van der Waals surface area contributed by atoms with Crippen molar-refractivity contribution in [2.45, 2.75) is 19.8 Å². The number of benzene rings is 2. The van der Waals surface area contributed by atoms with Crippen molar-refractivity contribution < 1.29 is 4.79 Å². The molecule has 2 nitrogen and oxygen atoms in total. The lowest BCUT2D eigenvalue weighted by Crippen LogP contribution is -1.99. The number of carbonyl (C=O) groups excluding carboxylic acids is 1. The summed E-state index contributed by atoms with van der Waals surface area (Å²) >= 11 is 0. The molecule has 0 unspecified atom stereocenters. The van der Waals surface area contributed by atoms with E-state index in [2.05, 4.69) is 11.9 Å². The molecular weight excluding hydrogens is 222 g/mol. The highest BCUT2D eigenvalue weighted by Gasteiger charge is 2.04. The molecule has 0 saturated heterocycles. The van der Waals surface area contributed by atoms with Gasteiger partial charge in [-0.05, 0) is 23.3 Å². The van der Waals surface area contributed by atoms with Gasteiger partial charge < -0.3 is 0 Å². The van der Waals surface area contributed by atoms with E-state index in [1.807, 2.05) is 42.5 Å². The van der Waals surface area contributed by atoms with Gasteiger partial charge in [-0.3, -0.25) is 9.79 Å². The van der Waals surface area contributed by atoms with Gasteiger partial charge in [0.05, 0.1) is 0 Å². The third kappa shape index (κ3) is 3.04. The monoisotopic (exact) mass is 239 g/mol. The van der Waals surface area contributed by atoms with Crippen LogP contribution >= 0.6 is 0 Å². The number of fused-ring (bicyclic) bond motifs is 1. The van der Waals surface area contributed by atoms with E-state index < -0.39 is 0 Å². The standard InChI is InChI=1S/C16H17NO/c1-2-10-17-11-9-16(18)15-8-7-13-5-3-4-6-14(13)12-15/h3-8,11-12H,2,9-10H2,1H3. The summed E-state index contributed by atoms with van der Waals surface area (Å²) in [6.45, 7) is 2.87. The predicted molar refractivity (Wildman–Crippen MR) is 76.5 cm³/mol. The summed E-state index contributed by atoms with van der Waals surface area (Å²) in [6.07, 6.45) is 3.13. The molecule has 2 aromatic rings. The summed E-state index contributed by atoms with van der Waals surface area (Å²) in [5, 5.41) is 2.27. The van der Waals surface area contributed by atoms with E-state index in [1.54, 1.807) is 6.21 Å². The summed E-state index contributed by atoms with van der Waals surface area (Å²) in [4.78, 5) is 16.1. The van der Waals surface area contributed by atoms with Crippen LogP contribution in [0.25, 0.3) is 10.8 Å². The van der Waals surface area contributed by atoms with E-state index in [1.165, 1.54) is 0 Å². The van der Waals surface area contributed by atoms with Crippen molar-refractivity contribution >= 4 is 22.8 Å². The van der Waals surface area contributed by atoms with Gasteiger partial charge in [-0.15, -0.1) is 0 Å². The molecule has 18 heavy (non-hydrogen) atoms. The van der Waals surface area contributed by atoms with Gasteiger partial charge in [-0.1, -0.05) is 43.3 Å². The Bertz CT molecular complexity index is 572. The molecular formula is C16H17NO. The molecule has 2 heteroatoms. The molecule has 0 aliphatic carbocycles. The maximum absolute atomic E-state index is 12.0. The van der Waals surface area contributed by atoms with Crippen LogP contribution in [0.2, 0.25) is 0 Å². The van der Waals surface area contributed by atoms with E-state index in [0.717, 1.165) is 29.3 Å². The lowest BCUT2D eigenvalue weighted by atomic mass is 10.0. The summed E-state index contributed by atoms with van der Waals surface area (Å²) in [6, 6.07) is 13.9. The Kier molecular flexibility index (Phi) is 4.24. The SMILES string of the molecule is CCCN=CCC(=O)c1ccc2ccccc2c1. The summed E-state index contributed by atoms with van der Waals surface area (Å²) in [5.74, 6) is 0.126. The second-order valence-electron chi connectivity index (χ2n) is 4.28. The second kappa shape index (κ2) is 6.10. The fourth-order valence-electron chi connectivity index (χ4n) is 1.85. The molecule has 2 aromatic carbocycles. The van der Waals surface area contributed by atoms with E-state index in [0.29, 0.717) is 6.42 Å². The zero-order valence-electron chi connectivity index (χ0n) is 10.6. The number of ketones is 1. The second-order valence-corrected chi connectivity index (χ2v) is 4.28. The van der Waals surface area contributed by atoms with Crippen LogP contribution in [0.1, 0.15) is 30.1 Å². The number of Topliss-reactive ketones (excluding diaryl/α,β-unsaturated/α-hetero) is 1. The van der Waals surface area contributed by atoms with Crippen LogP contribution in [-0.4, -0.2) is 18.5 Å². The molecule has 92 valence electrons. The highest BCUT2D eigenvalue weighted by molar-refractivity contribution is 6.05. The highest BCUT2D eigenvalue weighted by Crippen LogP contribution is 2.16. The number of rotatable bonds is 5. The van der Waals surface area contributed by atoms with Crippen LogP contribution in [0.4, 0.5) is 0 Å². The predicted octanol–water partition coefficient (Wildman–Crippen LogP) is 3.89. The fraction of sp³-hybridized carbons (Fsp3) is 0.250. The Hall–Kier alpha value is -1.96. The Morgan fingerprint density at radius 3 is 2.72 bits per heavy atom. The molecule has 0 bridgehead atoms. The normalized spacial score (nSPS) is 11.2. The van der Waals surface area contributed by atoms with Crippen molar-refractivity contribution in [2.75, 3.05) is 6.54 Å². The lowest BCUT2D eigenvalue weighted by Gasteiger charge is -2.01. The van der Waals surface area contributed by atoms with Crippen LogP contribution in [0, 0.1) is 0 Å². The molecule has 0 spiro atoms. The van der Waals surface area contributed by atoms with Gasteiger partial charge in [0.1, 0.15) is 0 Å². The van der Waals surface area contributed by atoms with E-state index >= 15 is 0 Å². The first-order chi connectivity index (χ1) is 8.81. The number of nitrogens with zero attached hydrogens (tertiary/aromatic N) is 1. The third-order valence-corrected chi connectivity index (χ3v) is 2.83. The molecule has 0 saturated carbocycles. The topological polar surface area (TPSA) is 29.4 Å². The minimum atomic E-state index is 0.126. The van der Waals surface area contributed by atoms with Crippen LogP contribution in [0.3, 0.4) is 0 Å². The molecule has 0 atom stereocenters. The van der Waals surface area contributed by atoms with Gasteiger partial charge in [0, 0.05) is 24.7 Å². The zero-order chi connectivity index (χ0) is 12.8. The molecule has 2 rings (SSSR count). The average Bonchev–Trinajstić information content (AvgIpc) is 2.43. The maximum Gasteiger partial charge on any atom is 0.168 e.